The summed E-state index contributed by atoms with van der Waals surface area (Å²) in [6.07, 6.45) is 2.50. The Morgan fingerprint density at radius 1 is 0.886 bits per heavy atom. The number of amides is 4. The number of nitrogens with two attached hydrogens (primary N) is 1. The van der Waals surface area contributed by atoms with Gasteiger partial charge in [-0.25, -0.2) is 9.59 Å². The quantitative estimate of drug-likeness (QED) is 0.184. The molecule has 44 heavy (non-hydrogen) atoms. The molecule has 0 aliphatic rings. The molecule has 4 amide bonds. The highest BCUT2D eigenvalue weighted by Crippen LogP contribution is 2.14. The number of esters is 1. The molecule has 11 nitrogen and oxygen atoms in total. The van der Waals surface area contributed by atoms with E-state index in [1.54, 1.807) is 6.92 Å². The molecule has 0 saturated carbocycles. The molecule has 0 radical (unpaired) electrons. The number of rotatable bonds is 17. The van der Waals surface area contributed by atoms with Gasteiger partial charge in [-0.3, -0.25) is 19.3 Å². The number of hydrogen-bond acceptors (Lipinski definition) is 7. The summed E-state index contributed by atoms with van der Waals surface area (Å²) in [5, 5.41) is 5.63. The number of nitrogens with zero attached hydrogens (tertiary/aromatic N) is 1. The first-order valence-electron chi connectivity index (χ1n) is 14.7. The molecule has 11 heteroatoms. The van der Waals surface area contributed by atoms with Gasteiger partial charge in [-0.05, 0) is 36.8 Å². The van der Waals surface area contributed by atoms with Crippen LogP contribution in [0.5, 0.6) is 0 Å². The molecule has 0 aliphatic carbocycles. The maximum Gasteiger partial charge on any atom is 0.410 e. The molecule has 0 aliphatic heterocycles. The van der Waals surface area contributed by atoms with Gasteiger partial charge in [-0.15, -0.1) is 0 Å². The summed E-state index contributed by atoms with van der Waals surface area (Å²) < 4.78 is 10.4. The van der Waals surface area contributed by atoms with Crippen LogP contribution in [0.2, 0.25) is 0 Å². The van der Waals surface area contributed by atoms with E-state index in [-0.39, 0.29) is 38.4 Å². The van der Waals surface area contributed by atoms with E-state index in [9.17, 15) is 24.0 Å². The highest BCUT2D eigenvalue weighted by molar-refractivity contribution is 5.92. The molecule has 2 rings (SSSR count). The van der Waals surface area contributed by atoms with Crippen molar-refractivity contribution in [2.45, 2.75) is 71.2 Å². The number of hydrogen-bond donors (Lipinski definition) is 3. The molecule has 0 bridgehead atoms. The summed E-state index contributed by atoms with van der Waals surface area (Å²) in [7, 11) is 1.49. The number of primary amides is 1. The maximum atomic E-state index is 13.7. The second-order valence-electron chi connectivity index (χ2n) is 10.8. The molecule has 3 atom stereocenters. The summed E-state index contributed by atoms with van der Waals surface area (Å²) in [6.45, 7) is 5.75. The third kappa shape index (κ3) is 13.1. The molecule has 2 aromatic rings. The Balaban J connectivity index is 2.26. The zero-order valence-electron chi connectivity index (χ0n) is 25.9. The van der Waals surface area contributed by atoms with Crippen molar-refractivity contribution in [3.63, 3.8) is 0 Å². The highest BCUT2D eigenvalue weighted by Gasteiger charge is 2.32. The number of likely N-dealkylation sites (N-methyl/N-ethyl adjacent to an activating group) is 1. The van der Waals surface area contributed by atoms with Crippen molar-refractivity contribution in [3.05, 3.63) is 83.9 Å². The largest absolute Gasteiger partial charge is 0.463 e. The van der Waals surface area contributed by atoms with E-state index >= 15 is 0 Å². The second kappa shape index (κ2) is 18.8. The van der Waals surface area contributed by atoms with Crippen LogP contribution < -0.4 is 16.4 Å². The van der Waals surface area contributed by atoms with Gasteiger partial charge in [-0.2, -0.15) is 0 Å². The van der Waals surface area contributed by atoms with E-state index in [0.29, 0.717) is 6.42 Å². The Morgan fingerprint density at radius 2 is 1.50 bits per heavy atom. The zero-order chi connectivity index (χ0) is 32.5. The smallest absolute Gasteiger partial charge is 0.410 e. The Labute approximate surface area is 259 Å². The van der Waals surface area contributed by atoms with Crippen LogP contribution in [0.1, 0.15) is 51.2 Å². The van der Waals surface area contributed by atoms with Crippen LogP contribution in [0.25, 0.3) is 0 Å². The van der Waals surface area contributed by atoms with E-state index in [2.05, 4.69) is 10.6 Å². The summed E-state index contributed by atoms with van der Waals surface area (Å²) in [5.74, 6) is -2.18. The average Bonchev–Trinajstić information content (AvgIpc) is 3.00. The normalized spacial score (nSPS) is 13.0. The molecule has 4 N–H and O–H groups in total. The zero-order valence-corrected chi connectivity index (χ0v) is 25.9. The molecule has 2 aromatic carbocycles. The topological polar surface area (TPSA) is 157 Å². The van der Waals surface area contributed by atoms with Gasteiger partial charge in [0.2, 0.25) is 17.7 Å². The van der Waals surface area contributed by atoms with E-state index in [4.69, 9.17) is 15.2 Å². The Kier molecular flexibility index (Phi) is 15.2. The highest BCUT2D eigenvalue weighted by atomic mass is 16.6. The number of nitrogens with one attached hydrogen (secondary N) is 2. The summed E-state index contributed by atoms with van der Waals surface area (Å²) in [5.41, 5.74) is 6.91. The third-order valence-electron chi connectivity index (χ3n) is 6.65. The lowest BCUT2D eigenvalue weighted by molar-refractivity contribution is -0.137. The van der Waals surface area contributed by atoms with Gasteiger partial charge < -0.3 is 25.8 Å². The predicted molar refractivity (Wildman–Crippen MR) is 166 cm³/mol. The van der Waals surface area contributed by atoms with Crippen LogP contribution >= 0.6 is 0 Å². The van der Waals surface area contributed by atoms with Gasteiger partial charge in [0.25, 0.3) is 0 Å². The standard InChI is InChI=1S/C33H44N4O7/c1-5-43-30(39)19-17-26(16-18-29(34)38)35-31(40)27(21-24-12-8-6-9-13-24)36-32(41)28(20-23(2)3)37(4)33(42)44-22-25-14-10-7-11-15-25/h6-15,17,19,23,26-28H,5,16,18,20-22H2,1-4H3,(H2,34,38)(H,35,40)(H,36,41)/b19-17+/t26-,27-,28-/m0/s1. The molecule has 0 aromatic heterocycles. The first kappa shape index (κ1) is 35.5. The fraction of sp³-hybridized carbons (Fsp3) is 0.424. The number of carbonyl (C=O) groups is 5. The van der Waals surface area contributed by atoms with Crippen molar-refractivity contribution in [1.29, 1.82) is 0 Å². The van der Waals surface area contributed by atoms with Crippen LogP contribution in [0.3, 0.4) is 0 Å². The van der Waals surface area contributed by atoms with Crippen molar-refractivity contribution in [1.82, 2.24) is 15.5 Å². The van der Waals surface area contributed by atoms with Crippen LogP contribution in [0, 0.1) is 5.92 Å². The summed E-state index contributed by atoms with van der Waals surface area (Å²) in [4.78, 5) is 64.9. The van der Waals surface area contributed by atoms with Crippen molar-refractivity contribution in [3.8, 4) is 0 Å². The van der Waals surface area contributed by atoms with E-state index < -0.39 is 47.9 Å². The van der Waals surface area contributed by atoms with Gasteiger partial charge in [0.15, 0.2) is 0 Å². The van der Waals surface area contributed by atoms with Gasteiger partial charge in [-0.1, -0.05) is 80.6 Å². The van der Waals surface area contributed by atoms with Gasteiger partial charge in [0.05, 0.1) is 6.61 Å². The molecule has 238 valence electrons. The van der Waals surface area contributed by atoms with Crippen molar-refractivity contribution in [2.75, 3.05) is 13.7 Å². The lowest BCUT2D eigenvalue weighted by Gasteiger charge is -2.30. The van der Waals surface area contributed by atoms with E-state index in [0.717, 1.165) is 11.1 Å². The van der Waals surface area contributed by atoms with Gasteiger partial charge >= 0.3 is 12.1 Å². The molecule has 0 spiro atoms. The molecular formula is C33H44N4O7. The van der Waals surface area contributed by atoms with Gasteiger partial charge in [0, 0.05) is 32.0 Å². The predicted octanol–water partition coefficient (Wildman–Crippen LogP) is 3.27. The maximum absolute atomic E-state index is 13.7. The molecule has 0 unspecified atom stereocenters. The second-order valence-corrected chi connectivity index (χ2v) is 10.8. The Hall–Kier alpha value is -4.67. The molecule has 0 saturated heterocycles. The van der Waals surface area contributed by atoms with Crippen LogP contribution in [-0.2, 0) is 41.7 Å². The lowest BCUT2D eigenvalue weighted by atomic mass is 10.00. The SMILES string of the molecule is CCOC(=O)/C=C/[C@H](CCC(N)=O)NC(=O)[C@H](Cc1ccccc1)NC(=O)[C@H](CC(C)C)N(C)C(=O)OCc1ccccc1. The molecular weight excluding hydrogens is 564 g/mol. The van der Waals surface area contributed by atoms with Crippen LogP contribution in [0.4, 0.5) is 4.79 Å². The third-order valence-corrected chi connectivity index (χ3v) is 6.65. The lowest BCUT2D eigenvalue weighted by Crippen LogP contribution is -2.56. The van der Waals surface area contributed by atoms with E-state index in [1.165, 1.54) is 24.1 Å². The summed E-state index contributed by atoms with van der Waals surface area (Å²) >= 11 is 0. The van der Waals surface area contributed by atoms with Crippen molar-refractivity contribution < 1.29 is 33.4 Å². The monoisotopic (exact) mass is 608 g/mol. The van der Waals surface area contributed by atoms with Crippen molar-refractivity contribution >= 4 is 29.8 Å². The minimum atomic E-state index is -1.04. The van der Waals surface area contributed by atoms with Crippen LogP contribution in [-0.4, -0.2) is 66.5 Å². The first-order valence-corrected chi connectivity index (χ1v) is 14.7. The fourth-order valence-corrected chi connectivity index (χ4v) is 4.35. The number of carbonyl (C=O) groups excluding carboxylic acids is 5. The average molecular weight is 609 g/mol. The fourth-order valence-electron chi connectivity index (χ4n) is 4.35. The minimum Gasteiger partial charge on any atom is -0.463 e. The first-order chi connectivity index (χ1) is 21.0. The Morgan fingerprint density at radius 3 is 2.07 bits per heavy atom. The summed E-state index contributed by atoms with van der Waals surface area (Å²) in [6, 6.07) is 15.6. The Bertz CT molecular complexity index is 1250. The number of ether oxygens (including phenoxy) is 2. The minimum absolute atomic E-state index is 0.0415. The van der Waals surface area contributed by atoms with E-state index in [1.807, 2.05) is 74.5 Å². The van der Waals surface area contributed by atoms with Crippen molar-refractivity contribution in [2.24, 2.45) is 11.7 Å². The van der Waals surface area contributed by atoms with Gasteiger partial charge in [0.1, 0.15) is 18.7 Å². The number of benzene rings is 2. The molecule has 0 fully saturated rings. The van der Waals surface area contributed by atoms with Crippen LogP contribution in [0.15, 0.2) is 72.8 Å². The molecule has 0 heterocycles.